The Balaban J connectivity index is 1.52. The standard InChI is InChI=1S/C18H22N4OS/c1-13-6-7-17(24-13)16(22-8-10-23-11-9-22)12-19-18-20-14-4-2-3-5-15(14)21-18/h2-7,16H,8-12H2,1H3,(H2,19,20,21). The highest BCUT2D eigenvalue weighted by molar-refractivity contribution is 7.12. The summed E-state index contributed by atoms with van der Waals surface area (Å²) in [6.45, 7) is 6.57. The van der Waals surface area contributed by atoms with Gasteiger partial charge in [0.2, 0.25) is 5.95 Å². The molecule has 1 saturated heterocycles. The maximum Gasteiger partial charge on any atom is 0.201 e. The number of rotatable bonds is 5. The predicted molar refractivity (Wildman–Crippen MR) is 98.8 cm³/mol. The third-order valence-corrected chi connectivity index (χ3v) is 5.53. The van der Waals surface area contributed by atoms with Gasteiger partial charge in [0.05, 0.1) is 30.3 Å². The van der Waals surface area contributed by atoms with Crippen LogP contribution in [0.25, 0.3) is 11.0 Å². The van der Waals surface area contributed by atoms with Crippen LogP contribution < -0.4 is 5.32 Å². The molecule has 1 aliphatic heterocycles. The van der Waals surface area contributed by atoms with Crippen molar-refractivity contribution in [2.75, 3.05) is 38.2 Å². The minimum Gasteiger partial charge on any atom is -0.379 e. The first kappa shape index (κ1) is 15.6. The molecule has 2 aromatic heterocycles. The fraction of sp³-hybridized carbons (Fsp3) is 0.389. The third kappa shape index (κ3) is 3.31. The first-order chi connectivity index (χ1) is 11.8. The number of morpholine rings is 1. The number of hydrogen-bond acceptors (Lipinski definition) is 5. The molecule has 2 N–H and O–H groups in total. The monoisotopic (exact) mass is 342 g/mol. The van der Waals surface area contributed by atoms with Crippen molar-refractivity contribution in [3.05, 3.63) is 46.2 Å². The van der Waals surface area contributed by atoms with Gasteiger partial charge in [-0.15, -0.1) is 11.3 Å². The molecule has 5 nitrogen and oxygen atoms in total. The predicted octanol–water partition coefficient (Wildman–Crippen LogP) is 3.42. The topological polar surface area (TPSA) is 53.2 Å². The summed E-state index contributed by atoms with van der Waals surface area (Å²) in [7, 11) is 0. The van der Waals surface area contributed by atoms with Gasteiger partial charge in [-0.05, 0) is 31.2 Å². The van der Waals surface area contributed by atoms with Crippen LogP contribution in [0, 0.1) is 6.92 Å². The summed E-state index contributed by atoms with van der Waals surface area (Å²) in [5, 5.41) is 3.50. The number of thiophene rings is 1. The molecular weight excluding hydrogens is 320 g/mol. The number of aromatic amines is 1. The number of aryl methyl sites for hydroxylation is 1. The largest absolute Gasteiger partial charge is 0.379 e. The van der Waals surface area contributed by atoms with Gasteiger partial charge in [-0.25, -0.2) is 4.98 Å². The van der Waals surface area contributed by atoms with E-state index >= 15 is 0 Å². The first-order valence-electron chi connectivity index (χ1n) is 8.36. The van der Waals surface area contributed by atoms with Crippen LogP contribution in [-0.4, -0.2) is 47.7 Å². The second kappa shape index (κ2) is 6.93. The summed E-state index contributed by atoms with van der Waals surface area (Å²) in [4.78, 5) is 13.2. The van der Waals surface area contributed by atoms with E-state index < -0.39 is 0 Å². The molecule has 0 aliphatic carbocycles. The van der Waals surface area contributed by atoms with Crippen LogP contribution in [0.2, 0.25) is 0 Å². The Bertz CT molecular complexity index is 773. The molecule has 6 heteroatoms. The van der Waals surface area contributed by atoms with E-state index in [0.29, 0.717) is 6.04 Å². The van der Waals surface area contributed by atoms with Crippen molar-refractivity contribution in [3.8, 4) is 0 Å². The highest BCUT2D eigenvalue weighted by Crippen LogP contribution is 2.28. The fourth-order valence-corrected chi connectivity index (χ4v) is 4.17. The SMILES string of the molecule is Cc1ccc(C(CNc2nc3ccccc3[nH]2)N2CCOCC2)s1. The lowest BCUT2D eigenvalue weighted by atomic mass is 10.2. The number of anilines is 1. The lowest BCUT2D eigenvalue weighted by Crippen LogP contribution is -2.41. The summed E-state index contributed by atoms with van der Waals surface area (Å²) in [6.07, 6.45) is 0. The van der Waals surface area contributed by atoms with Crippen LogP contribution in [0.3, 0.4) is 0 Å². The number of ether oxygens (including phenoxy) is 1. The molecule has 1 aromatic carbocycles. The number of aromatic nitrogens is 2. The number of nitrogens with one attached hydrogen (secondary N) is 2. The minimum absolute atomic E-state index is 0.348. The third-order valence-electron chi connectivity index (χ3n) is 4.43. The van der Waals surface area contributed by atoms with Gasteiger partial charge in [0.15, 0.2) is 0 Å². The zero-order chi connectivity index (χ0) is 16.4. The van der Waals surface area contributed by atoms with Crippen molar-refractivity contribution in [2.24, 2.45) is 0 Å². The van der Waals surface area contributed by atoms with Crippen LogP contribution in [0.15, 0.2) is 36.4 Å². The van der Waals surface area contributed by atoms with Crippen molar-refractivity contribution in [1.29, 1.82) is 0 Å². The lowest BCUT2D eigenvalue weighted by Gasteiger charge is -2.34. The average molecular weight is 342 g/mol. The van der Waals surface area contributed by atoms with Crippen LogP contribution in [0.5, 0.6) is 0 Å². The highest BCUT2D eigenvalue weighted by atomic mass is 32.1. The Morgan fingerprint density at radius 2 is 2.08 bits per heavy atom. The fourth-order valence-electron chi connectivity index (χ4n) is 3.16. The molecule has 1 atom stereocenters. The highest BCUT2D eigenvalue weighted by Gasteiger charge is 2.24. The number of imidazole rings is 1. The van der Waals surface area contributed by atoms with E-state index in [9.17, 15) is 0 Å². The first-order valence-corrected chi connectivity index (χ1v) is 9.18. The molecule has 0 spiro atoms. The van der Waals surface area contributed by atoms with E-state index in [0.717, 1.165) is 49.8 Å². The normalized spacial score (nSPS) is 17.2. The van der Waals surface area contributed by atoms with E-state index in [4.69, 9.17) is 4.74 Å². The quantitative estimate of drug-likeness (QED) is 0.746. The molecule has 126 valence electrons. The molecule has 1 aliphatic rings. The summed E-state index contributed by atoms with van der Waals surface area (Å²) in [5.74, 6) is 0.836. The zero-order valence-corrected chi connectivity index (χ0v) is 14.6. The van der Waals surface area contributed by atoms with Gasteiger partial charge >= 0.3 is 0 Å². The van der Waals surface area contributed by atoms with E-state index in [1.165, 1.54) is 9.75 Å². The number of fused-ring (bicyclic) bond motifs is 1. The summed E-state index contributed by atoms with van der Waals surface area (Å²) < 4.78 is 5.52. The number of hydrogen-bond donors (Lipinski definition) is 2. The van der Waals surface area contributed by atoms with Crippen molar-refractivity contribution in [3.63, 3.8) is 0 Å². The maximum atomic E-state index is 5.52. The van der Waals surface area contributed by atoms with E-state index in [1.54, 1.807) is 0 Å². The molecule has 3 heterocycles. The number of benzene rings is 1. The van der Waals surface area contributed by atoms with Crippen LogP contribution >= 0.6 is 11.3 Å². The van der Waals surface area contributed by atoms with E-state index in [-0.39, 0.29) is 0 Å². The van der Waals surface area contributed by atoms with Crippen LogP contribution in [-0.2, 0) is 4.74 Å². The number of H-pyrrole nitrogens is 1. The van der Waals surface area contributed by atoms with Gasteiger partial charge in [0.25, 0.3) is 0 Å². The molecule has 1 fully saturated rings. The smallest absolute Gasteiger partial charge is 0.201 e. The van der Waals surface area contributed by atoms with E-state index in [1.807, 2.05) is 29.5 Å². The minimum atomic E-state index is 0.348. The Hall–Kier alpha value is -1.89. The van der Waals surface area contributed by atoms with Gasteiger partial charge in [0.1, 0.15) is 0 Å². The molecule has 0 bridgehead atoms. The van der Waals surface area contributed by atoms with Gasteiger partial charge in [-0.1, -0.05) is 12.1 Å². The Morgan fingerprint density at radius 1 is 1.25 bits per heavy atom. The van der Waals surface area contributed by atoms with Gasteiger partial charge in [-0.2, -0.15) is 0 Å². The van der Waals surface area contributed by atoms with E-state index in [2.05, 4.69) is 45.3 Å². The van der Waals surface area contributed by atoms with Gasteiger partial charge in [-0.3, -0.25) is 4.90 Å². The van der Waals surface area contributed by atoms with Crippen molar-refractivity contribution in [1.82, 2.24) is 14.9 Å². The van der Waals surface area contributed by atoms with Crippen molar-refractivity contribution < 1.29 is 4.74 Å². The van der Waals surface area contributed by atoms with Gasteiger partial charge < -0.3 is 15.0 Å². The van der Waals surface area contributed by atoms with Crippen molar-refractivity contribution >= 4 is 28.3 Å². The zero-order valence-electron chi connectivity index (χ0n) is 13.8. The molecule has 3 aromatic rings. The summed E-state index contributed by atoms with van der Waals surface area (Å²) in [5.41, 5.74) is 2.06. The molecule has 0 saturated carbocycles. The Labute approximate surface area is 145 Å². The maximum absolute atomic E-state index is 5.52. The van der Waals surface area contributed by atoms with Crippen LogP contribution in [0.4, 0.5) is 5.95 Å². The van der Waals surface area contributed by atoms with Crippen molar-refractivity contribution in [2.45, 2.75) is 13.0 Å². The van der Waals surface area contributed by atoms with Crippen LogP contribution in [0.1, 0.15) is 15.8 Å². The average Bonchev–Trinajstić information content (AvgIpc) is 3.22. The Morgan fingerprint density at radius 3 is 2.83 bits per heavy atom. The molecule has 0 amide bonds. The number of para-hydroxylation sites is 2. The number of nitrogens with zero attached hydrogens (tertiary/aromatic N) is 2. The second-order valence-corrected chi connectivity index (χ2v) is 7.42. The molecule has 4 rings (SSSR count). The second-order valence-electron chi connectivity index (χ2n) is 6.10. The molecule has 1 unspecified atom stereocenters. The molecular formula is C18H22N4OS. The molecule has 0 radical (unpaired) electrons. The lowest BCUT2D eigenvalue weighted by molar-refractivity contribution is 0.0193. The van der Waals surface area contributed by atoms with Gasteiger partial charge in [0, 0.05) is 29.4 Å². The summed E-state index contributed by atoms with van der Waals surface area (Å²) >= 11 is 1.88. The Kier molecular flexibility index (Phi) is 4.51. The summed E-state index contributed by atoms with van der Waals surface area (Å²) in [6, 6.07) is 12.9. The molecule has 24 heavy (non-hydrogen) atoms.